The van der Waals surface area contributed by atoms with Crippen molar-refractivity contribution in [2.24, 2.45) is 0 Å². The van der Waals surface area contributed by atoms with Crippen molar-refractivity contribution in [1.82, 2.24) is 24.8 Å². The summed E-state index contributed by atoms with van der Waals surface area (Å²) in [6, 6.07) is 3.90. The zero-order valence-corrected chi connectivity index (χ0v) is 12.8. The Balaban J connectivity index is 1.73. The van der Waals surface area contributed by atoms with Crippen molar-refractivity contribution >= 4 is 11.6 Å². The molecule has 0 aliphatic rings. The van der Waals surface area contributed by atoms with Gasteiger partial charge in [-0.2, -0.15) is 4.98 Å². The highest BCUT2D eigenvalue weighted by Crippen LogP contribution is 2.13. The van der Waals surface area contributed by atoms with Gasteiger partial charge in [0.25, 0.3) is 5.91 Å². The first kappa shape index (κ1) is 14.2. The average molecular weight is 299 g/mol. The summed E-state index contributed by atoms with van der Waals surface area (Å²) in [6.45, 7) is 6.01. The van der Waals surface area contributed by atoms with Gasteiger partial charge in [0.15, 0.2) is 5.82 Å². The Morgan fingerprint density at radius 1 is 1.32 bits per heavy atom. The van der Waals surface area contributed by atoms with E-state index in [1.165, 1.54) is 0 Å². The third kappa shape index (κ3) is 2.69. The fourth-order valence-corrected chi connectivity index (χ4v) is 2.35. The monoisotopic (exact) mass is 299 g/mol. The molecule has 0 saturated heterocycles. The Morgan fingerprint density at radius 2 is 2.14 bits per heavy atom. The number of nitrogens with zero attached hydrogens (tertiary/aromatic N) is 4. The molecule has 114 valence electrons. The summed E-state index contributed by atoms with van der Waals surface area (Å²) in [5.74, 6) is 0.951. The molecule has 0 saturated carbocycles. The molecule has 0 aliphatic carbocycles. The molecule has 0 aliphatic heterocycles. The Labute approximate surface area is 127 Å². The zero-order chi connectivity index (χ0) is 15.7. The first-order valence-electron chi connectivity index (χ1n) is 7.07. The van der Waals surface area contributed by atoms with Crippen LogP contribution in [0.3, 0.4) is 0 Å². The van der Waals surface area contributed by atoms with E-state index in [2.05, 4.69) is 20.4 Å². The van der Waals surface area contributed by atoms with Crippen molar-refractivity contribution < 1.29 is 9.32 Å². The molecule has 7 nitrogen and oxygen atoms in total. The Bertz CT molecular complexity index is 834. The standard InChI is InChI=1S/C15H17N5O2/c1-9-5-7-20-13(8-9)17-10(2)14(20)15(21)16-6-4-12-18-11(3)22-19-12/h5,7-8H,4,6H2,1-3H3,(H,16,21). The van der Waals surface area contributed by atoms with Crippen LogP contribution in [0.2, 0.25) is 0 Å². The van der Waals surface area contributed by atoms with Crippen LogP contribution in [0.5, 0.6) is 0 Å². The normalized spacial score (nSPS) is 11.0. The van der Waals surface area contributed by atoms with E-state index < -0.39 is 0 Å². The number of aryl methyl sites for hydroxylation is 3. The molecule has 22 heavy (non-hydrogen) atoms. The van der Waals surface area contributed by atoms with Crippen LogP contribution in [0.1, 0.15) is 33.5 Å². The minimum atomic E-state index is -0.158. The number of nitrogens with one attached hydrogen (secondary N) is 1. The Hall–Kier alpha value is -2.70. The molecule has 3 heterocycles. The molecule has 3 aromatic heterocycles. The SMILES string of the molecule is Cc1ccn2c(C(=O)NCCc3noc(C)n3)c(C)nc2c1. The van der Waals surface area contributed by atoms with E-state index in [-0.39, 0.29) is 5.91 Å². The number of rotatable bonds is 4. The number of pyridine rings is 1. The van der Waals surface area contributed by atoms with Gasteiger partial charge in [-0.05, 0) is 31.5 Å². The molecular weight excluding hydrogens is 282 g/mol. The van der Waals surface area contributed by atoms with Crippen molar-refractivity contribution in [3.63, 3.8) is 0 Å². The van der Waals surface area contributed by atoms with Gasteiger partial charge in [-0.1, -0.05) is 5.16 Å². The maximum Gasteiger partial charge on any atom is 0.270 e. The lowest BCUT2D eigenvalue weighted by molar-refractivity contribution is 0.0947. The first-order chi connectivity index (χ1) is 10.5. The van der Waals surface area contributed by atoms with Crippen LogP contribution in [-0.2, 0) is 6.42 Å². The number of carbonyl (C=O) groups is 1. The average Bonchev–Trinajstić information content (AvgIpc) is 3.00. The summed E-state index contributed by atoms with van der Waals surface area (Å²) in [6.07, 6.45) is 2.39. The Morgan fingerprint density at radius 3 is 2.86 bits per heavy atom. The number of fused-ring (bicyclic) bond motifs is 1. The Kier molecular flexibility index (Phi) is 3.62. The summed E-state index contributed by atoms with van der Waals surface area (Å²) in [4.78, 5) is 20.9. The third-order valence-electron chi connectivity index (χ3n) is 3.37. The predicted octanol–water partition coefficient (Wildman–Crippen LogP) is 1.62. The van der Waals surface area contributed by atoms with Crippen molar-refractivity contribution in [3.05, 3.63) is 47.0 Å². The number of carbonyl (C=O) groups excluding carboxylic acids is 1. The first-order valence-corrected chi connectivity index (χ1v) is 7.07. The van der Waals surface area contributed by atoms with E-state index in [1.54, 1.807) is 11.3 Å². The molecule has 7 heteroatoms. The van der Waals surface area contributed by atoms with Gasteiger partial charge in [0, 0.05) is 26.1 Å². The molecule has 0 bridgehead atoms. The van der Waals surface area contributed by atoms with Gasteiger partial charge in [-0.15, -0.1) is 0 Å². The molecule has 0 spiro atoms. The molecule has 1 amide bonds. The maximum atomic E-state index is 12.4. The van der Waals surface area contributed by atoms with Crippen molar-refractivity contribution in [3.8, 4) is 0 Å². The van der Waals surface area contributed by atoms with Gasteiger partial charge >= 0.3 is 0 Å². The van der Waals surface area contributed by atoms with Crippen LogP contribution in [0, 0.1) is 20.8 Å². The summed E-state index contributed by atoms with van der Waals surface area (Å²) in [5, 5.41) is 6.67. The summed E-state index contributed by atoms with van der Waals surface area (Å²) >= 11 is 0. The minimum Gasteiger partial charge on any atom is -0.350 e. The maximum absolute atomic E-state index is 12.4. The van der Waals surface area contributed by atoms with Crippen molar-refractivity contribution in [2.45, 2.75) is 27.2 Å². The van der Waals surface area contributed by atoms with Gasteiger partial charge in [0.2, 0.25) is 5.89 Å². The fourth-order valence-electron chi connectivity index (χ4n) is 2.35. The highest BCUT2D eigenvalue weighted by Gasteiger charge is 2.16. The minimum absolute atomic E-state index is 0.158. The molecule has 0 aromatic carbocycles. The van der Waals surface area contributed by atoms with Crippen LogP contribution in [0.15, 0.2) is 22.9 Å². The van der Waals surface area contributed by atoms with E-state index >= 15 is 0 Å². The van der Waals surface area contributed by atoms with Crippen LogP contribution < -0.4 is 5.32 Å². The summed E-state index contributed by atoms with van der Waals surface area (Å²) < 4.78 is 6.70. The van der Waals surface area contributed by atoms with Gasteiger partial charge in [0.1, 0.15) is 11.3 Å². The van der Waals surface area contributed by atoms with E-state index in [9.17, 15) is 4.79 Å². The highest BCUT2D eigenvalue weighted by molar-refractivity contribution is 5.94. The molecule has 0 radical (unpaired) electrons. The smallest absolute Gasteiger partial charge is 0.270 e. The van der Waals surface area contributed by atoms with Gasteiger partial charge in [-0.3, -0.25) is 9.20 Å². The second-order valence-electron chi connectivity index (χ2n) is 5.21. The lowest BCUT2D eigenvalue weighted by Crippen LogP contribution is -2.27. The fraction of sp³-hybridized carbons (Fsp3) is 0.333. The zero-order valence-electron chi connectivity index (χ0n) is 12.8. The number of hydrogen-bond donors (Lipinski definition) is 1. The molecule has 0 fully saturated rings. The third-order valence-corrected chi connectivity index (χ3v) is 3.37. The molecule has 3 aromatic rings. The second-order valence-corrected chi connectivity index (χ2v) is 5.21. The quantitative estimate of drug-likeness (QED) is 0.791. The molecule has 3 rings (SSSR count). The molecule has 0 unspecified atom stereocenters. The summed E-state index contributed by atoms with van der Waals surface area (Å²) in [5.41, 5.74) is 3.14. The van der Waals surface area contributed by atoms with Crippen molar-refractivity contribution in [2.75, 3.05) is 6.54 Å². The van der Waals surface area contributed by atoms with Gasteiger partial charge < -0.3 is 9.84 Å². The second kappa shape index (κ2) is 5.59. The van der Waals surface area contributed by atoms with Crippen LogP contribution in [0.4, 0.5) is 0 Å². The van der Waals surface area contributed by atoms with Crippen LogP contribution in [-0.4, -0.2) is 32.0 Å². The van der Waals surface area contributed by atoms with E-state index in [1.807, 2.05) is 32.2 Å². The number of hydrogen-bond acceptors (Lipinski definition) is 5. The highest BCUT2D eigenvalue weighted by atomic mass is 16.5. The lowest BCUT2D eigenvalue weighted by atomic mass is 10.3. The van der Waals surface area contributed by atoms with E-state index in [4.69, 9.17) is 4.52 Å². The number of imidazole rings is 1. The lowest BCUT2D eigenvalue weighted by Gasteiger charge is -2.05. The van der Waals surface area contributed by atoms with E-state index in [0.29, 0.717) is 36.1 Å². The number of amides is 1. The summed E-state index contributed by atoms with van der Waals surface area (Å²) in [7, 11) is 0. The molecule has 1 N–H and O–H groups in total. The van der Waals surface area contributed by atoms with Crippen LogP contribution in [0.25, 0.3) is 5.65 Å². The number of aromatic nitrogens is 4. The predicted molar refractivity (Wildman–Crippen MR) is 79.7 cm³/mol. The van der Waals surface area contributed by atoms with Gasteiger partial charge in [-0.25, -0.2) is 4.98 Å². The van der Waals surface area contributed by atoms with E-state index in [0.717, 1.165) is 11.2 Å². The van der Waals surface area contributed by atoms with Crippen molar-refractivity contribution in [1.29, 1.82) is 0 Å². The van der Waals surface area contributed by atoms with Gasteiger partial charge in [0.05, 0.1) is 5.69 Å². The topological polar surface area (TPSA) is 85.3 Å². The molecular formula is C15H17N5O2. The largest absolute Gasteiger partial charge is 0.350 e. The molecule has 0 atom stereocenters. The van der Waals surface area contributed by atoms with Crippen LogP contribution >= 0.6 is 0 Å².